The van der Waals surface area contributed by atoms with Crippen molar-refractivity contribution in [2.24, 2.45) is 0 Å². The largest absolute Gasteiger partial charge is 0.434 e. The molecule has 23 heavy (non-hydrogen) atoms. The number of rotatable bonds is 5. The van der Waals surface area contributed by atoms with Crippen molar-refractivity contribution in [2.45, 2.75) is 27.0 Å². The molecule has 2 aromatic carbocycles. The SMILES string of the molecule is Cc1ccc(NC(=O)NCc2ccccc2OC(F)F)c(C)c1. The van der Waals surface area contributed by atoms with E-state index in [-0.39, 0.29) is 12.3 Å². The van der Waals surface area contributed by atoms with Crippen LogP contribution in [-0.2, 0) is 6.54 Å². The number of carbonyl (C=O) groups excluding carboxylic acids is 1. The Morgan fingerprint density at radius 2 is 1.91 bits per heavy atom. The average molecular weight is 320 g/mol. The molecule has 2 aromatic rings. The first-order valence-corrected chi connectivity index (χ1v) is 7.10. The second-order valence-electron chi connectivity index (χ2n) is 5.11. The van der Waals surface area contributed by atoms with Crippen molar-refractivity contribution in [2.75, 3.05) is 5.32 Å². The summed E-state index contributed by atoms with van der Waals surface area (Å²) in [7, 11) is 0. The molecule has 0 saturated heterocycles. The number of aryl methyl sites for hydroxylation is 2. The fourth-order valence-electron chi connectivity index (χ4n) is 2.16. The zero-order valence-corrected chi connectivity index (χ0v) is 12.9. The van der Waals surface area contributed by atoms with Crippen LogP contribution in [0.3, 0.4) is 0 Å². The second-order valence-corrected chi connectivity index (χ2v) is 5.11. The maximum absolute atomic E-state index is 12.3. The summed E-state index contributed by atoms with van der Waals surface area (Å²) in [5, 5.41) is 5.36. The molecule has 0 bridgehead atoms. The molecule has 0 unspecified atom stereocenters. The van der Waals surface area contributed by atoms with Gasteiger partial charge in [0.15, 0.2) is 0 Å². The quantitative estimate of drug-likeness (QED) is 0.866. The Morgan fingerprint density at radius 3 is 2.61 bits per heavy atom. The third kappa shape index (κ3) is 4.95. The molecule has 2 amide bonds. The number of ether oxygens (including phenoxy) is 1. The lowest BCUT2D eigenvalue weighted by Crippen LogP contribution is -2.28. The van der Waals surface area contributed by atoms with Gasteiger partial charge in [-0.25, -0.2) is 4.79 Å². The van der Waals surface area contributed by atoms with Crippen LogP contribution in [0.2, 0.25) is 0 Å². The molecule has 0 spiro atoms. The molecule has 0 aromatic heterocycles. The number of hydrogen-bond donors (Lipinski definition) is 2. The number of hydrogen-bond acceptors (Lipinski definition) is 2. The summed E-state index contributed by atoms with van der Waals surface area (Å²) < 4.78 is 29.1. The normalized spacial score (nSPS) is 10.5. The van der Waals surface area contributed by atoms with E-state index in [1.165, 1.54) is 6.07 Å². The molecule has 0 aliphatic rings. The molecule has 6 heteroatoms. The van der Waals surface area contributed by atoms with Crippen LogP contribution in [0.25, 0.3) is 0 Å². The third-order valence-electron chi connectivity index (χ3n) is 3.26. The average Bonchev–Trinajstić information content (AvgIpc) is 2.49. The fourth-order valence-corrected chi connectivity index (χ4v) is 2.16. The molecule has 0 saturated carbocycles. The van der Waals surface area contributed by atoms with Crippen LogP contribution in [0.5, 0.6) is 5.75 Å². The van der Waals surface area contributed by atoms with Crippen LogP contribution in [0.15, 0.2) is 42.5 Å². The summed E-state index contributed by atoms with van der Waals surface area (Å²) in [5.74, 6) is 0.0503. The Morgan fingerprint density at radius 1 is 1.17 bits per heavy atom. The summed E-state index contributed by atoms with van der Waals surface area (Å²) in [5.41, 5.74) is 3.22. The lowest BCUT2D eigenvalue weighted by atomic mass is 10.1. The highest BCUT2D eigenvalue weighted by molar-refractivity contribution is 5.90. The molecular weight excluding hydrogens is 302 g/mol. The zero-order chi connectivity index (χ0) is 16.8. The lowest BCUT2D eigenvalue weighted by molar-refractivity contribution is -0.0504. The van der Waals surface area contributed by atoms with Gasteiger partial charge < -0.3 is 15.4 Å². The van der Waals surface area contributed by atoms with Crippen molar-refractivity contribution in [3.05, 3.63) is 59.2 Å². The van der Waals surface area contributed by atoms with Crippen LogP contribution in [0.4, 0.5) is 19.3 Å². The van der Waals surface area contributed by atoms with E-state index in [4.69, 9.17) is 0 Å². The van der Waals surface area contributed by atoms with Crippen LogP contribution < -0.4 is 15.4 Å². The van der Waals surface area contributed by atoms with Crippen LogP contribution in [0, 0.1) is 13.8 Å². The summed E-state index contributed by atoms with van der Waals surface area (Å²) in [6.45, 7) is 1.05. The van der Waals surface area contributed by atoms with Gasteiger partial charge in [0.2, 0.25) is 0 Å². The Balaban J connectivity index is 1.97. The molecule has 0 aliphatic heterocycles. The summed E-state index contributed by atoms with van der Waals surface area (Å²) in [4.78, 5) is 11.9. The number of alkyl halides is 2. The van der Waals surface area contributed by atoms with E-state index in [0.29, 0.717) is 11.3 Å². The monoisotopic (exact) mass is 320 g/mol. The number of para-hydroxylation sites is 1. The van der Waals surface area contributed by atoms with Gasteiger partial charge >= 0.3 is 12.6 Å². The van der Waals surface area contributed by atoms with E-state index in [1.807, 2.05) is 32.0 Å². The molecule has 2 N–H and O–H groups in total. The van der Waals surface area contributed by atoms with Crippen LogP contribution in [-0.4, -0.2) is 12.6 Å². The molecule has 0 heterocycles. The van der Waals surface area contributed by atoms with E-state index in [0.717, 1.165) is 11.1 Å². The lowest BCUT2D eigenvalue weighted by Gasteiger charge is -2.13. The van der Waals surface area contributed by atoms with Gasteiger partial charge in [0.25, 0.3) is 0 Å². The van der Waals surface area contributed by atoms with Crippen molar-refractivity contribution in [3.63, 3.8) is 0 Å². The van der Waals surface area contributed by atoms with Gasteiger partial charge in [0.1, 0.15) is 5.75 Å². The number of benzene rings is 2. The van der Waals surface area contributed by atoms with E-state index < -0.39 is 12.6 Å². The summed E-state index contributed by atoms with van der Waals surface area (Å²) in [6.07, 6.45) is 0. The molecule has 122 valence electrons. The first-order valence-electron chi connectivity index (χ1n) is 7.10. The maximum Gasteiger partial charge on any atom is 0.387 e. The number of anilines is 1. The number of halogens is 2. The smallest absolute Gasteiger partial charge is 0.387 e. The highest BCUT2D eigenvalue weighted by atomic mass is 19.3. The van der Waals surface area contributed by atoms with Crippen LogP contribution >= 0.6 is 0 Å². The van der Waals surface area contributed by atoms with Crippen LogP contribution in [0.1, 0.15) is 16.7 Å². The van der Waals surface area contributed by atoms with Crippen molar-refractivity contribution in [1.82, 2.24) is 5.32 Å². The van der Waals surface area contributed by atoms with E-state index in [2.05, 4.69) is 15.4 Å². The first kappa shape index (κ1) is 16.7. The fraction of sp³-hybridized carbons (Fsp3) is 0.235. The molecular formula is C17H18F2N2O2. The van der Waals surface area contributed by atoms with Gasteiger partial charge in [0, 0.05) is 17.8 Å². The minimum Gasteiger partial charge on any atom is -0.434 e. The van der Waals surface area contributed by atoms with Crippen molar-refractivity contribution in [1.29, 1.82) is 0 Å². The van der Waals surface area contributed by atoms with Gasteiger partial charge in [-0.15, -0.1) is 0 Å². The highest BCUT2D eigenvalue weighted by Crippen LogP contribution is 2.20. The van der Waals surface area contributed by atoms with Gasteiger partial charge in [-0.1, -0.05) is 35.9 Å². The molecule has 0 radical (unpaired) electrons. The minimum atomic E-state index is -2.90. The van der Waals surface area contributed by atoms with Gasteiger partial charge in [-0.3, -0.25) is 0 Å². The first-order chi connectivity index (χ1) is 11.0. The van der Waals surface area contributed by atoms with Gasteiger partial charge in [0.05, 0.1) is 0 Å². The Hall–Kier alpha value is -2.63. The predicted molar refractivity (Wildman–Crippen MR) is 84.8 cm³/mol. The van der Waals surface area contributed by atoms with Gasteiger partial charge in [-0.2, -0.15) is 8.78 Å². The summed E-state index contributed by atoms with van der Waals surface area (Å²) in [6, 6.07) is 11.6. The van der Waals surface area contributed by atoms with Crippen molar-refractivity contribution in [3.8, 4) is 5.75 Å². The Bertz CT molecular complexity index is 690. The maximum atomic E-state index is 12.3. The number of nitrogens with one attached hydrogen (secondary N) is 2. The molecule has 2 rings (SSSR count). The summed E-state index contributed by atoms with van der Waals surface area (Å²) >= 11 is 0. The molecule has 0 aliphatic carbocycles. The van der Waals surface area contributed by atoms with Gasteiger partial charge in [-0.05, 0) is 31.5 Å². The predicted octanol–water partition coefficient (Wildman–Crippen LogP) is 4.23. The Kier molecular flexibility index (Phi) is 5.51. The van der Waals surface area contributed by atoms with Crippen molar-refractivity contribution >= 4 is 11.7 Å². The zero-order valence-electron chi connectivity index (χ0n) is 12.9. The standard InChI is InChI=1S/C17H18F2N2O2/c1-11-7-8-14(12(2)9-11)21-17(22)20-10-13-5-3-4-6-15(13)23-16(18)19/h3-9,16H,10H2,1-2H3,(H2,20,21,22). The van der Waals surface area contributed by atoms with E-state index in [9.17, 15) is 13.6 Å². The van der Waals surface area contributed by atoms with Crippen molar-refractivity contribution < 1.29 is 18.3 Å². The molecule has 0 atom stereocenters. The number of carbonyl (C=O) groups is 1. The Labute approximate surface area is 133 Å². The highest BCUT2D eigenvalue weighted by Gasteiger charge is 2.10. The van der Waals surface area contributed by atoms with E-state index in [1.54, 1.807) is 18.2 Å². The minimum absolute atomic E-state index is 0.0503. The van der Waals surface area contributed by atoms with E-state index >= 15 is 0 Å². The molecule has 4 nitrogen and oxygen atoms in total. The number of urea groups is 1. The number of amides is 2. The molecule has 0 fully saturated rings. The second kappa shape index (κ2) is 7.58. The topological polar surface area (TPSA) is 50.4 Å². The third-order valence-corrected chi connectivity index (χ3v) is 3.26.